The van der Waals surface area contributed by atoms with Crippen LogP contribution in [0.3, 0.4) is 0 Å². The van der Waals surface area contributed by atoms with Crippen molar-refractivity contribution in [3.63, 3.8) is 0 Å². The summed E-state index contributed by atoms with van der Waals surface area (Å²) >= 11 is 0. The Balaban J connectivity index is 0.000000980. The molecule has 4 nitrogen and oxygen atoms in total. The van der Waals surface area contributed by atoms with Gasteiger partial charge in [-0.05, 0) is 6.54 Å². The molecule has 6 heteroatoms. The maximum absolute atomic E-state index is 13.7. The molecule has 0 aromatic carbocycles. The van der Waals surface area contributed by atoms with Crippen LogP contribution in [0.1, 0.15) is 6.42 Å². The molecule has 0 aromatic rings. The van der Waals surface area contributed by atoms with Crippen LogP contribution in [0.2, 0.25) is 0 Å². The molecule has 0 aliphatic carbocycles. The van der Waals surface area contributed by atoms with Crippen LogP contribution in [0.4, 0.5) is 4.39 Å². The molecule has 1 unspecified atom stereocenters. The predicted octanol–water partition coefficient (Wildman–Crippen LogP) is -0.802. The Morgan fingerprint density at radius 2 is 2.14 bits per heavy atom. The SMILES string of the molecule is Cl.O=C(NC1CNC1)C1(F)CCNC1. The van der Waals surface area contributed by atoms with Crippen molar-refractivity contribution in [3.05, 3.63) is 0 Å². The van der Waals surface area contributed by atoms with Crippen molar-refractivity contribution in [2.24, 2.45) is 0 Å². The van der Waals surface area contributed by atoms with Gasteiger partial charge in [-0.2, -0.15) is 0 Å². The van der Waals surface area contributed by atoms with E-state index in [0.29, 0.717) is 13.0 Å². The number of hydrogen-bond acceptors (Lipinski definition) is 3. The molecule has 0 bridgehead atoms. The van der Waals surface area contributed by atoms with Crippen LogP contribution in [-0.2, 0) is 4.79 Å². The van der Waals surface area contributed by atoms with E-state index in [1.165, 1.54) is 0 Å². The largest absolute Gasteiger partial charge is 0.348 e. The minimum atomic E-state index is -1.67. The van der Waals surface area contributed by atoms with E-state index in [0.717, 1.165) is 13.1 Å². The number of rotatable bonds is 2. The smallest absolute Gasteiger partial charge is 0.259 e. The fourth-order valence-electron chi connectivity index (χ4n) is 1.56. The van der Waals surface area contributed by atoms with Gasteiger partial charge < -0.3 is 16.0 Å². The third kappa shape index (κ3) is 2.16. The maximum Gasteiger partial charge on any atom is 0.259 e. The highest BCUT2D eigenvalue weighted by Crippen LogP contribution is 2.20. The van der Waals surface area contributed by atoms with Crippen LogP contribution >= 0.6 is 12.4 Å². The zero-order valence-corrected chi connectivity index (χ0v) is 8.62. The molecule has 2 rings (SSSR count). The summed E-state index contributed by atoms with van der Waals surface area (Å²) in [4.78, 5) is 11.4. The van der Waals surface area contributed by atoms with E-state index in [1.54, 1.807) is 0 Å². The number of halogens is 2. The topological polar surface area (TPSA) is 53.2 Å². The molecule has 0 saturated carbocycles. The van der Waals surface area contributed by atoms with Gasteiger partial charge in [-0.1, -0.05) is 0 Å². The number of amides is 1. The second-order valence-electron chi connectivity index (χ2n) is 3.72. The number of carbonyl (C=O) groups excluding carboxylic acids is 1. The fourth-order valence-corrected chi connectivity index (χ4v) is 1.56. The monoisotopic (exact) mass is 223 g/mol. The molecule has 2 aliphatic heterocycles. The lowest BCUT2D eigenvalue weighted by atomic mass is 10.0. The minimum Gasteiger partial charge on any atom is -0.348 e. The molecule has 82 valence electrons. The lowest BCUT2D eigenvalue weighted by Gasteiger charge is -2.30. The highest BCUT2D eigenvalue weighted by Gasteiger charge is 2.42. The maximum atomic E-state index is 13.7. The molecule has 0 radical (unpaired) electrons. The van der Waals surface area contributed by atoms with Gasteiger partial charge in [0.05, 0.1) is 6.04 Å². The van der Waals surface area contributed by atoms with Gasteiger partial charge in [0.15, 0.2) is 0 Å². The molecule has 2 saturated heterocycles. The summed E-state index contributed by atoms with van der Waals surface area (Å²) in [6.45, 7) is 2.26. The summed E-state index contributed by atoms with van der Waals surface area (Å²) in [5.74, 6) is -0.455. The fraction of sp³-hybridized carbons (Fsp3) is 0.875. The van der Waals surface area contributed by atoms with Crippen LogP contribution < -0.4 is 16.0 Å². The van der Waals surface area contributed by atoms with E-state index in [2.05, 4.69) is 16.0 Å². The van der Waals surface area contributed by atoms with Crippen LogP contribution in [0.5, 0.6) is 0 Å². The minimum absolute atomic E-state index is 0. The first kappa shape index (κ1) is 11.7. The first-order chi connectivity index (χ1) is 6.21. The highest BCUT2D eigenvalue weighted by atomic mass is 35.5. The van der Waals surface area contributed by atoms with Crippen LogP contribution in [0, 0.1) is 0 Å². The Labute approximate surface area is 88.4 Å². The Hall–Kier alpha value is -0.390. The van der Waals surface area contributed by atoms with Crippen molar-refractivity contribution in [2.45, 2.75) is 18.1 Å². The molecule has 0 aromatic heterocycles. The first-order valence-electron chi connectivity index (χ1n) is 4.62. The summed E-state index contributed by atoms with van der Waals surface area (Å²) in [5.41, 5.74) is -1.67. The average Bonchev–Trinajstić information content (AvgIpc) is 2.45. The van der Waals surface area contributed by atoms with Gasteiger partial charge in [0.1, 0.15) is 0 Å². The number of alkyl halides is 1. The van der Waals surface area contributed by atoms with Gasteiger partial charge in [0.2, 0.25) is 5.67 Å². The van der Waals surface area contributed by atoms with Crippen molar-refractivity contribution in [2.75, 3.05) is 26.2 Å². The number of nitrogens with one attached hydrogen (secondary N) is 3. The Morgan fingerprint density at radius 1 is 1.43 bits per heavy atom. The number of hydrogen-bond donors (Lipinski definition) is 3. The molecule has 0 spiro atoms. The Bertz CT molecular complexity index is 217. The molecule has 2 fully saturated rings. The first-order valence-corrected chi connectivity index (χ1v) is 4.62. The number of carbonyl (C=O) groups is 1. The van der Waals surface area contributed by atoms with Gasteiger partial charge in [0, 0.05) is 26.1 Å². The summed E-state index contributed by atoms with van der Waals surface area (Å²) in [6, 6.07) is 0.126. The molecule has 14 heavy (non-hydrogen) atoms. The second-order valence-corrected chi connectivity index (χ2v) is 3.72. The zero-order valence-electron chi connectivity index (χ0n) is 7.81. The summed E-state index contributed by atoms with van der Waals surface area (Å²) in [5, 5.41) is 8.55. The van der Waals surface area contributed by atoms with E-state index in [4.69, 9.17) is 0 Å². The van der Waals surface area contributed by atoms with Gasteiger partial charge in [-0.15, -0.1) is 12.4 Å². The molecule has 1 atom stereocenters. The predicted molar refractivity (Wildman–Crippen MR) is 53.4 cm³/mol. The van der Waals surface area contributed by atoms with Crippen LogP contribution in [0.15, 0.2) is 0 Å². The standard InChI is InChI=1S/C8H14FN3O.ClH/c9-8(1-2-10-5-8)7(13)12-6-3-11-4-6;/h6,10-11H,1-5H2,(H,12,13);1H. The molecular weight excluding hydrogens is 209 g/mol. The quantitative estimate of drug-likeness (QED) is 0.575. The van der Waals surface area contributed by atoms with Gasteiger partial charge >= 0.3 is 0 Å². The molecular formula is C8H15ClFN3O. The van der Waals surface area contributed by atoms with Crippen molar-refractivity contribution in [1.29, 1.82) is 0 Å². The molecule has 2 heterocycles. The van der Waals surface area contributed by atoms with Gasteiger partial charge in [0.25, 0.3) is 5.91 Å². The zero-order chi connectivity index (χ0) is 9.31. The Morgan fingerprint density at radius 3 is 2.57 bits per heavy atom. The van der Waals surface area contributed by atoms with E-state index in [-0.39, 0.29) is 25.0 Å². The van der Waals surface area contributed by atoms with Crippen molar-refractivity contribution in [3.8, 4) is 0 Å². The van der Waals surface area contributed by atoms with Crippen LogP contribution in [0.25, 0.3) is 0 Å². The lowest BCUT2D eigenvalue weighted by molar-refractivity contribution is -0.132. The normalized spacial score (nSPS) is 31.8. The van der Waals surface area contributed by atoms with Crippen LogP contribution in [-0.4, -0.2) is 43.8 Å². The van der Waals surface area contributed by atoms with Crippen molar-refractivity contribution >= 4 is 18.3 Å². The van der Waals surface area contributed by atoms with Gasteiger partial charge in [-0.25, -0.2) is 4.39 Å². The van der Waals surface area contributed by atoms with Gasteiger partial charge in [-0.3, -0.25) is 4.79 Å². The molecule has 3 N–H and O–H groups in total. The van der Waals surface area contributed by atoms with Crippen molar-refractivity contribution in [1.82, 2.24) is 16.0 Å². The molecule has 2 aliphatic rings. The summed E-state index contributed by atoms with van der Waals surface area (Å²) in [6.07, 6.45) is 0.291. The molecule has 1 amide bonds. The summed E-state index contributed by atoms with van der Waals surface area (Å²) in [7, 11) is 0. The third-order valence-corrected chi connectivity index (χ3v) is 2.63. The lowest BCUT2D eigenvalue weighted by Crippen LogP contribution is -2.60. The average molecular weight is 224 g/mol. The van der Waals surface area contributed by atoms with E-state index < -0.39 is 11.6 Å². The highest BCUT2D eigenvalue weighted by molar-refractivity contribution is 5.86. The van der Waals surface area contributed by atoms with Crippen molar-refractivity contribution < 1.29 is 9.18 Å². The Kier molecular flexibility index (Phi) is 3.69. The summed E-state index contributed by atoms with van der Waals surface area (Å²) < 4.78 is 13.7. The second kappa shape index (κ2) is 4.42. The van der Waals surface area contributed by atoms with E-state index >= 15 is 0 Å². The third-order valence-electron chi connectivity index (χ3n) is 2.63. The van der Waals surface area contributed by atoms with E-state index in [1.807, 2.05) is 0 Å². The van der Waals surface area contributed by atoms with E-state index in [9.17, 15) is 9.18 Å².